The van der Waals surface area contributed by atoms with Crippen molar-refractivity contribution in [3.8, 4) is 0 Å². The van der Waals surface area contributed by atoms with E-state index < -0.39 is 23.4 Å². The number of aryl methyl sites for hydroxylation is 1. The van der Waals surface area contributed by atoms with Crippen LogP contribution in [0.5, 0.6) is 0 Å². The second-order valence-electron chi connectivity index (χ2n) is 9.15. The molecule has 0 aliphatic heterocycles. The second-order valence-corrected chi connectivity index (χ2v) is 9.56. The quantitative estimate of drug-likeness (QED) is 0.361. The topological polar surface area (TPSA) is 136 Å². The van der Waals surface area contributed by atoms with Gasteiger partial charge in [0.2, 0.25) is 0 Å². The minimum absolute atomic E-state index is 0.0467. The van der Waals surface area contributed by atoms with Gasteiger partial charge in [-0.05, 0) is 42.9 Å². The first kappa shape index (κ1) is 20.6. The highest BCUT2D eigenvalue weighted by Crippen LogP contribution is 2.69. The molecule has 6 N–H and O–H groups in total. The van der Waals surface area contributed by atoms with E-state index in [2.05, 4.69) is 15.0 Å². The molecule has 2 fully saturated rings. The fraction of sp³-hybridized carbons (Fsp3) is 0.348. The van der Waals surface area contributed by atoms with E-state index in [1.54, 1.807) is 18.2 Å². The largest absolute Gasteiger partial charge is 0.390 e. The number of nitrogens with two attached hydrogens (primary N) is 2. The van der Waals surface area contributed by atoms with Gasteiger partial charge in [0.1, 0.15) is 35.2 Å². The van der Waals surface area contributed by atoms with Crippen molar-refractivity contribution in [1.82, 2.24) is 19.5 Å². The molecule has 0 bridgehead atoms. The smallest absolute Gasteiger partial charge is 0.152 e. The van der Waals surface area contributed by atoms with E-state index in [4.69, 9.17) is 23.1 Å². The number of benzene rings is 1. The predicted molar refractivity (Wildman–Crippen MR) is 123 cm³/mol. The Labute approximate surface area is 193 Å². The van der Waals surface area contributed by atoms with E-state index in [0.29, 0.717) is 40.6 Å². The van der Waals surface area contributed by atoms with Gasteiger partial charge in [-0.25, -0.2) is 19.3 Å². The number of nitrogens with zero attached hydrogens (tertiary/aromatic N) is 4. The average molecular weight is 469 g/mol. The summed E-state index contributed by atoms with van der Waals surface area (Å²) in [5.74, 6) is 0.0702. The van der Waals surface area contributed by atoms with Crippen molar-refractivity contribution in [2.75, 3.05) is 11.5 Å². The van der Waals surface area contributed by atoms with E-state index in [-0.39, 0.29) is 28.3 Å². The van der Waals surface area contributed by atoms with Crippen molar-refractivity contribution in [3.05, 3.63) is 53.2 Å². The zero-order valence-corrected chi connectivity index (χ0v) is 18.2. The van der Waals surface area contributed by atoms with Gasteiger partial charge in [-0.2, -0.15) is 0 Å². The number of aliphatic hydroxyl groups is 2. The summed E-state index contributed by atoms with van der Waals surface area (Å²) in [7, 11) is 0. The van der Waals surface area contributed by atoms with E-state index in [9.17, 15) is 10.2 Å². The van der Waals surface area contributed by atoms with E-state index in [0.717, 1.165) is 6.42 Å². The lowest BCUT2D eigenvalue weighted by Gasteiger charge is -2.24. The Morgan fingerprint density at radius 2 is 2.00 bits per heavy atom. The van der Waals surface area contributed by atoms with E-state index >= 15 is 4.39 Å². The molecule has 0 saturated heterocycles. The summed E-state index contributed by atoms with van der Waals surface area (Å²) in [6.07, 6.45) is 3.03. The molecule has 1 aromatic carbocycles. The maximum atomic E-state index is 15.2. The normalized spacial score (nSPS) is 28.5. The fourth-order valence-electron chi connectivity index (χ4n) is 5.74. The van der Waals surface area contributed by atoms with Gasteiger partial charge in [-0.3, -0.25) is 0 Å². The standard InChI is InChI=1S/C23H22ClFN6O2/c24-14-7-11-2-1-10(15(25)16(11)30-21(14)27)3-5-23-8-13(23)17(18(32)19(23)33)31-6-4-12-20(26)28-9-29-22(12)31/h1-2,4,6-7,9,13,17-19,32-33H,3,5,8H2,(H2,27,30)(H2,26,28,29)/t13-,17-,18+,19+,23-/m1/s1. The molecule has 3 aromatic heterocycles. The van der Waals surface area contributed by atoms with Crippen LogP contribution in [0.25, 0.3) is 21.9 Å². The van der Waals surface area contributed by atoms with Gasteiger partial charge in [-0.1, -0.05) is 23.7 Å². The van der Waals surface area contributed by atoms with Crippen LogP contribution in [-0.2, 0) is 6.42 Å². The molecule has 5 atom stereocenters. The van der Waals surface area contributed by atoms with Crippen LogP contribution in [0.1, 0.15) is 24.4 Å². The summed E-state index contributed by atoms with van der Waals surface area (Å²) in [4.78, 5) is 12.5. The van der Waals surface area contributed by atoms with Crippen LogP contribution in [-0.4, -0.2) is 41.9 Å². The van der Waals surface area contributed by atoms with Gasteiger partial charge in [0.05, 0.1) is 22.6 Å². The minimum atomic E-state index is -0.958. The number of pyridine rings is 1. The van der Waals surface area contributed by atoms with Gasteiger partial charge >= 0.3 is 0 Å². The number of nitrogen functional groups attached to an aromatic ring is 2. The van der Waals surface area contributed by atoms with Gasteiger partial charge in [0, 0.05) is 17.0 Å². The summed E-state index contributed by atoms with van der Waals surface area (Å²) in [5.41, 5.74) is 12.5. The number of halogens is 2. The van der Waals surface area contributed by atoms with Crippen molar-refractivity contribution in [2.24, 2.45) is 11.3 Å². The maximum absolute atomic E-state index is 15.2. The minimum Gasteiger partial charge on any atom is -0.390 e. The van der Waals surface area contributed by atoms with E-state index in [1.165, 1.54) is 6.33 Å². The number of aliphatic hydroxyl groups excluding tert-OH is 2. The van der Waals surface area contributed by atoms with Crippen LogP contribution in [0, 0.1) is 17.2 Å². The molecule has 170 valence electrons. The van der Waals surface area contributed by atoms with Crippen molar-refractivity contribution >= 4 is 45.2 Å². The molecule has 6 rings (SSSR count). The van der Waals surface area contributed by atoms with Gasteiger partial charge < -0.3 is 26.2 Å². The summed E-state index contributed by atoms with van der Waals surface area (Å²) >= 11 is 6.00. The molecular weight excluding hydrogens is 447 g/mol. The van der Waals surface area contributed by atoms with Crippen LogP contribution >= 0.6 is 11.6 Å². The number of hydrogen-bond donors (Lipinski definition) is 4. The molecule has 2 saturated carbocycles. The molecule has 0 amide bonds. The average Bonchev–Trinajstić information content (AvgIpc) is 3.28. The van der Waals surface area contributed by atoms with Crippen LogP contribution < -0.4 is 11.5 Å². The SMILES string of the molecule is Nc1nc2c(F)c(CC[C@@]34C[C@@H]3[C@@H](n3ccc5c(N)ncnc53)[C@H](O)[C@@H]4O)ccc2cc1Cl. The first-order valence-corrected chi connectivity index (χ1v) is 11.2. The Kier molecular flexibility index (Phi) is 4.36. The molecule has 0 unspecified atom stereocenters. The lowest BCUT2D eigenvalue weighted by atomic mass is 9.91. The zero-order valence-electron chi connectivity index (χ0n) is 17.5. The third-order valence-corrected chi connectivity index (χ3v) is 7.86. The molecule has 33 heavy (non-hydrogen) atoms. The van der Waals surface area contributed by atoms with Crippen LogP contribution in [0.4, 0.5) is 16.0 Å². The third-order valence-electron chi connectivity index (χ3n) is 7.56. The van der Waals surface area contributed by atoms with E-state index in [1.807, 2.05) is 16.8 Å². The maximum Gasteiger partial charge on any atom is 0.152 e. The first-order valence-electron chi connectivity index (χ1n) is 10.8. The van der Waals surface area contributed by atoms with Crippen molar-refractivity contribution in [3.63, 3.8) is 0 Å². The summed E-state index contributed by atoms with van der Waals surface area (Å²) in [5, 5.41) is 23.5. The van der Waals surface area contributed by atoms with Crippen LogP contribution in [0.2, 0.25) is 5.02 Å². The predicted octanol–water partition coefficient (Wildman–Crippen LogP) is 2.85. The molecule has 4 aromatic rings. The number of rotatable bonds is 4. The summed E-state index contributed by atoms with van der Waals surface area (Å²) < 4.78 is 17.1. The molecule has 8 nitrogen and oxygen atoms in total. The van der Waals surface area contributed by atoms with Gasteiger partial charge in [-0.15, -0.1) is 0 Å². The molecular formula is C23H22ClFN6O2. The first-order chi connectivity index (χ1) is 15.8. The molecule has 2 aliphatic carbocycles. The number of hydrogen-bond acceptors (Lipinski definition) is 7. The molecule has 0 spiro atoms. The lowest BCUT2D eigenvalue weighted by Crippen LogP contribution is -2.34. The highest BCUT2D eigenvalue weighted by molar-refractivity contribution is 6.33. The Balaban J connectivity index is 1.29. The zero-order chi connectivity index (χ0) is 23.1. The molecule has 10 heteroatoms. The third kappa shape index (κ3) is 2.86. The highest BCUT2D eigenvalue weighted by Gasteiger charge is 2.70. The van der Waals surface area contributed by atoms with Gasteiger partial charge in [0.25, 0.3) is 0 Å². The Hall–Kier alpha value is -3.01. The Bertz CT molecular complexity index is 1430. The Morgan fingerprint density at radius 1 is 1.18 bits per heavy atom. The molecule has 2 aliphatic rings. The monoisotopic (exact) mass is 468 g/mol. The van der Waals surface area contributed by atoms with Gasteiger partial charge in [0.15, 0.2) is 5.82 Å². The second kappa shape index (κ2) is 6.99. The van der Waals surface area contributed by atoms with Crippen molar-refractivity contribution in [1.29, 1.82) is 0 Å². The summed E-state index contributed by atoms with van der Waals surface area (Å²) in [6.45, 7) is 0. The number of anilines is 2. The Morgan fingerprint density at radius 3 is 2.82 bits per heavy atom. The fourth-order valence-corrected chi connectivity index (χ4v) is 5.90. The summed E-state index contributed by atoms with van der Waals surface area (Å²) in [6, 6.07) is 6.57. The van der Waals surface area contributed by atoms with Crippen LogP contribution in [0.3, 0.4) is 0 Å². The molecule has 3 heterocycles. The number of aromatic nitrogens is 4. The number of fused-ring (bicyclic) bond motifs is 3. The molecule has 0 radical (unpaired) electrons. The lowest BCUT2D eigenvalue weighted by molar-refractivity contribution is -0.0192. The van der Waals surface area contributed by atoms with Crippen molar-refractivity contribution in [2.45, 2.75) is 37.5 Å². The van der Waals surface area contributed by atoms with Crippen LogP contribution in [0.15, 0.2) is 36.8 Å². The highest BCUT2D eigenvalue weighted by atomic mass is 35.5. The van der Waals surface area contributed by atoms with Crippen molar-refractivity contribution < 1.29 is 14.6 Å².